The SMILES string of the molecule is [N-]=[N+]=Nc1cccc2cccc(N)c12. The Bertz CT molecular complexity index is 521. The van der Waals surface area contributed by atoms with Crippen LogP contribution in [0, 0.1) is 0 Å². The zero-order valence-corrected chi connectivity index (χ0v) is 7.38. The number of nitrogens with zero attached hydrogens (tertiary/aromatic N) is 3. The van der Waals surface area contributed by atoms with Gasteiger partial charge >= 0.3 is 0 Å². The van der Waals surface area contributed by atoms with Crippen molar-refractivity contribution >= 4 is 22.1 Å². The summed E-state index contributed by atoms with van der Waals surface area (Å²) in [4.78, 5) is 2.77. The lowest BCUT2D eigenvalue weighted by atomic mass is 10.1. The molecule has 68 valence electrons. The molecule has 0 aromatic heterocycles. The average molecular weight is 184 g/mol. The number of nitrogens with two attached hydrogens (primary N) is 1. The van der Waals surface area contributed by atoms with Gasteiger partial charge in [0, 0.05) is 21.7 Å². The number of hydrogen-bond acceptors (Lipinski definition) is 2. The molecule has 0 heterocycles. The highest BCUT2D eigenvalue weighted by Crippen LogP contribution is 2.30. The predicted octanol–water partition coefficient (Wildman–Crippen LogP) is 3.36. The van der Waals surface area contributed by atoms with Gasteiger partial charge in [-0.25, -0.2) is 0 Å². The predicted molar refractivity (Wildman–Crippen MR) is 57.2 cm³/mol. The van der Waals surface area contributed by atoms with Crippen LogP contribution in [0.3, 0.4) is 0 Å². The van der Waals surface area contributed by atoms with Crippen molar-refractivity contribution in [2.75, 3.05) is 5.73 Å². The van der Waals surface area contributed by atoms with Crippen molar-refractivity contribution < 1.29 is 0 Å². The number of nitrogen functional groups attached to an aromatic ring is 1. The van der Waals surface area contributed by atoms with Gasteiger partial charge in [0.1, 0.15) is 0 Å². The average Bonchev–Trinajstić information content (AvgIpc) is 2.19. The van der Waals surface area contributed by atoms with Crippen molar-refractivity contribution in [3.05, 3.63) is 46.8 Å². The largest absolute Gasteiger partial charge is 0.398 e. The van der Waals surface area contributed by atoms with E-state index >= 15 is 0 Å². The molecule has 14 heavy (non-hydrogen) atoms. The van der Waals surface area contributed by atoms with Crippen LogP contribution in [0.25, 0.3) is 21.2 Å². The fraction of sp³-hybridized carbons (Fsp3) is 0. The molecule has 2 rings (SSSR count). The Hall–Kier alpha value is -2.19. The van der Waals surface area contributed by atoms with E-state index in [1.54, 1.807) is 12.1 Å². The van der Waals surface area contributed by atoms with Crippen LogP contribution in [0.15, 0.2) is 41.5 Å². The van der Waals surface area contributed by atoms with E-state index in [-0.39, 0.29) is 0 Å². The monoisotopic (exact) mass is 184 g/mol. The van der Waals surface area contributed by atoms with Crippen LogP contribution in [0.1, 0.15) is 0 Å². The van der Waals surface area contributed by atoms with Crippen LogP contribution in [-0.4, -0.2) is 0 Å². The van der Waals surface area contributed by atoms with Gasteiger partial charge < -0.3 is 5.73 Å². The van der Waals surface area contributed by atoms with Gasteiger partial charge in [0.15, 0.2) is 0 Å². The van der Waals surface area contributed by atoms with Crippen molar-refractivity contribution in [1.29, 1.82) is 0 Å². The smallest absolute Gasteiger partial charge is 0.0474 e. The first-order valence-corrected chi connectivity index (χ1v) is 4.15. The van der Waals surface area contributed by atoms with E-state index in [1.165, 1.54) is 0 Å². The highest BCUT2D eigenvalue weighted by atomic mass is 15.1. The molecule has 0 unspecified atom stereocenters. The first kappa shape index (κ1) is 8.41. The summed E-state index contributed by atoms with van der Waals surface area (Å²) in [6.45, 7) is 0. The number of hydrogen-bond donors (Lipinski definition) is 1. The van der Waals surface area contributed by atoms with E-state index in [9.17, 15) is 0 Å². The summed E-state index contributed by atoms with van der Waals surface area (Å²) in [5.74, 6) is 0. The summed E-state index contributed by atoms with van der Waals surface area (Å²) in [7, 11) is 0. The molecule has 0 aliphatic carbocycles. The first-order valence-electron chi connectivity index (χ1n) is 4.15. The first-order chi connectivity index (χ1) is 6.83. The Kier molecular flexibility index (Phi) is 1.97. The standard InChI is InChI=1S/C10H8N4/c11-8-5-1-3-7-4-2-6-9(10(7)8)13-14-12/h1-6H,11H2. The minimum atomic E-state index is 0.572. The van der Waals surface area contributed by atoms with Gasteiger partial charge in [-0.1, -0.05) is 35.4 Å². The second-order valence-electron chi connectivity index (χ2n) is 2.91. The molecule has 0 radical (unpaired) electrons. The summed E-state index contributed by atoms with van der Waals surface area (Å²) in [5, 5.41) is 5.39. The third-order valence-electron chi connectivity index (χ3n) is 2.07. The molecule has 2 N–H and O–H groups in total. The molecule has 0 aliphatic rings. The quantitative estimate of drug-likeness (QED) is 0.313. The van der Waals surface area contributed by atoms with Crippen LogP contribution in [0.2, 0.25) is 0 Å². The van der Waals surface area contributed by atoms with Crippen molar-refractivity contribution in [1.82, 2.24) is 0 Å². The van der Waals surface area contributed by atoms with Gasteiger partial charge in [-0.05, 0) is 17.0 Å². The van der Waals surface area contributed by atoms with E-state index < -0.39 is 0 Å². The molecule has 0 saturated carbocycles. The van der Waals surface area contributed by atoms with Gasteiger partial charge in [-0.3, -0.25) is 0 Å². The highest BCUT2D eigenvalue weighted by Gasteiger charge is 2.01. The number of fused-ring (bicyclic) bond motifs is 1. The number of anilines is 1. The Morgan fingerprint density at radius 1 is 1.14 bits per heavy atom. The van der Waals surface area contributed by atoms with E-state index in [0.717, 1.165) is 10.8 Å². The normalized spacial score (nSPS) is 9.71. The summed E-state index contributed by atoms with van der Waals surface area (Å²) in [6.07, 6.45) is 0. The molecule has 0 fully saturated rings. The van der Waals surface area contributed by atoms with Crippen molar-refractivity contribution in [3.63, 3.8) is 0 Å². The maximum Gasteiger partial charge on any atom is 0.0474 e. The van der Waals surface area contributed by atoms with E-state index in [4.69, 9.17) is 11.3 Å². The van der Waals surface area contributed by atoms with Crippen LogP contribution < -0.4 is 5.73 Å². The van der Waals surface area contributed by atoms with E-state index in [1.807, 2.05) is 24.3 Å². The van der Waals surface area contributed by atoms with Crippen LogP contribution in [-0.2, 0) is 0 Å². The maximum atomic E-state index is 8.39. The van der Waals surface area contributed by atoms with Gasteiger partial charge in [0.2, 0.25) is 0 Å². The lowest BCUT2D eigenvalue weighted by Gasteiger charge is -2.03. The molecule has 2 aromatic carbocycles. The number of benzene rings is 2. The third-order valence-corrected chi connectivity index (χ3v) is 2.07. The fourth-order valence-electron chi connectivity index (χ4n) is 1.48. The lowest BCUT2D eigenvalue weighted by Crippen LogP contribution is -1.85. The molecule has 0 atom stereocenters. The molecule has 0 spiro atoms. The Balaban J connectivity index is 2.90. The molecular weight excluding hydrogens is 176 g/mol. The Morgan fingerprint density at radius 2 is 1.86 bits per heavy atom. The van der Waals surface area contributed by atoms with Crippen molar-refractivity contribution in [3.8, 4) is 0 Å². The molecule has 0 bridgehead atoms. The second-order valence-corrected chi connectivity index (χ2v) is 2.91. The number of rotatable bonds is 1. The Labute approximate surface area is 80.6 Å². The van der Waals surface area contributed by atoms with E-state index in [2.05, 4.69) is 10.0 Å². The molecule has 2 aromatic rings. The summed E-state index contributed by atoms with van der Waals surface area (Å²) >= 11 is 0. The Morgan fingerprint density at radius 3 is 2.57 bits per heavy atom. The third kappa shape index (κ3) is 1.24. The molecule has 4 nitrogen and oxygen atoms in total. The zero-order valence-electron chi connectivity index (χ0n) is 7.38. The van der Waals surface area contributed by atoms with Crippen LogP contribution in [0.5, 0.6) is 0 Å². The van der Waals surface area contributed by atoms with Crippen molar-refractivity contribution in [2.24, 2.45) is 5.11 Å². The van der Waals surface area contributed by atoms with Crippen molar-refractivity contribution in [2.45, 2.75) is 0 Å². The van der Waals surface area contributed by atoms with E-state index in [0.29, 0.717) is 11.4 Å². The topological polar surface area (TPSA) is 74.8 Å². The summed E-state index contributed by atoms with van der Waals surface area (Å²) < 4.78 is 0. The maximum absolute atomic E-state index is 8.39. The molecule has 4 heteroatoms. The highest BCUT2D eigenvalue weighted by molar-refractivity contribution is 6.01. The molecule has 0 saturated heterocycles. The fourth-order valence-corrected chi connectivity index (χ4v) is 1.48. The van der Waals surface area contributed by atoms with Crippen LogP contribution >= 0.6 is 0 Å². The molecular formula is C10H8N4. The molecule has 0 aliphatic heterocycles. The minimum Gasteiger partial charge on any atom is -0.398 e. The summed E-state index contributed by atoms with van der Waals surface area (Å²) in [5.41, 5.74) is 15.4. The zero-order chi connectivity index (χ0) is 9.97. The van der Waals surface area contributed by atoms with Gasteiger partial charge in [0.05, 0.1) is 0 Å². The van der Waals surface area contributed by atoms with Gasteiger partial charge in [-0.15, -0.1) is 0 Å². The van der Waals surface area contributed by atoms with Crippen LogP contribution in [0.4, 0.5) is 11.4 Å². The van der Waals surface area contributed by atoms with Gasteiger partial charge in [-0.2, -0.15) is 0 Å². The molecule has 0 amide bonds. The van der Waals surface area contributed by atoms with Gasteiger partial charge in [0.25, 0.3) is 0 Å². The minimum absolute atomic E-state index is 0.572. The number of azide groups is 1. The summed E-state index contributed by atoms with van der Waals surface area (Å²) in [6, 6.07) is 11.1. The lowest BCUT2D eigenvalue weighted by molar-refractivity contribution is 1.51. The second kappa shape index (κ2) is 3.28.